The van der Waals surface area contributed by atoms with E-state index in [1.54, 1.807) is 14.2 Å². The van der Waals surface area contributed by atoms with E-state index in [9.17, 15) is 0 Å². The molecule has 0 heterocycles. The molecule has 0 aromatic rings. The fourth-order valence-electron chi connectivity index (χ4n) is 4.17. The summed E-state index contributed by atoms with van der Waals surface area (Å²) in [7, 11) is -0.227. The highest BCUT2D eigenvalue weighted by Crippen LogP contribution is 2.38. The lowest BCUT2D eigenvalue weighted by atomic mass is 10.0. The average Bonchev–Trinajstić information content (AvgIpc) is 2.58. The smallest absolute Gasteiger partial charge is 0.342 e. The molecule has 25 heavy (non-hydrogen) atoms. The molecule has 0 amide bonds. The van der Waals surface area contributed by atoms with Gasteiger partial charge in [-0.1, -0.05) is 47.0 Å². The van der Waals surface area contributed by atoms with Gasteiger partial charge in [-0.3, -0.25) is 0 Å². The van der Waals surface area contributed by atoms with E-state index in [4.69, 9.17) is 17.7 Å². The van der Waals surface area contributed by atoms with Crippen LogP contribution in [-0.2, 0) is 17.7 Å². The Bertz CT molecular complexity index is 311. The van der Waals surface area contributed by atoms with Crippen LogP contribution < -0.4 is 0 Å². The van der Waals surface area contributed by atoms with Gasteiger partial charge in [-0.05, 0) is 44.3 Å². The Kier molecular flexibility index (Phi) is 12.8. The average molecular weight is 393 g/mol. The van der Waals surface area contributed by atoms with Gasteiger partial charge in [-0.15, -0.1) is 0 Å². The van der Waals surface area contributed by atoms with Gasteiger partial charge >= 0.3 is 17.1 Å². The second-order valence-electron chi connectivity index (χ2n) is 7.66. The summed E-state index contributed by atoms with van der Waals surface area (Å²) in [6.07, 6.45) is 6.78. The lowest BCUT2D eigenvalue weighted by Gasteiger charge is -2.36. The van der Waals surface area contributed by atoms with E-state index in [0.717, 1.165) is 18.8 Å². The summed E-state index contributed by atoms with van der Waals surface area (Å²) in [6, 6.07) is 0. The molecule has 0 N–H and O–H groups in total. The van der Waals surface area contributed by atoms with E-state index in [-0.39, 0.29) is 0 Å². The van der Waals surface area contributed by atoms with E-state index in [2.05, 4.69) is 48.1 Å². The Morgan fingerprint density at radius 2 is 1.20 bits per heavy atom. The SMILES string of the molecule is CCO[Si](C)(OCC)C1CCCCC1.CO[Si](OC)(C(C)C)C(C)C. The van der Waals surface area contributed by atoms with Gasteiger partial charge in [0, 0.05) is 33.0 Å². The molecule has 1 aliphatic rings. The molecule has 0 aromatic heterocycles. The topological polar surface area (TPSA) is 36.9 Å². The number of hydrogen-bond donors (Lipinski definition) is 0. The third kappa shape index (κ3) is 7.42. The van der Waals surface area contributed by atoms with Crippen LogP contribution in [0.1, 0.15) is 73.6 Å². The van der Waals surface area contributed by atoms with Crippen LogP contribution in [-0.4, -0.2) is 44.6 Å². The first kappa shape index (κ1) is 25.3. The first-order chi connectivity index (χ1) is 11.7. The summed E-state index contributed by atoms with van der Waals surface area (Å²) >= 11 is 0. The standard InChI is InChI=1S/C11H24O2Si.C8H20O2Si/c1-4-12-14(3,13-5-2)11-9-7-6-8-10-11;1-7(2)11(9-5,10-6)8(3)4/h11H,4-10H2,1-3H3;7-8H,1-6H3. The van der Waals surface area contributed by atoms with Gasteiger partial charge in [-0.2, -0.15) is 0 Å². The van der Waals surface area contributed by atoms with Crippen LogP contribution in [0, 0.1) is 0 Å². The highest BCUT2D eigenvalue weighted by atomic mass is 28.4. The normalized spacial score (nSPS) is 16.9. The van der Waals surface area contributed by atoms with E-state index < -0.39 is 17.1 Å². The Morgan fingerprint density at radius 1 is 0.800 bits per heavy atom. The zero-order valence-corrected chi connectivity index (χ0v) is 20.3. The van der Waals surface area contributed by atoms with Crippen molar-refractivity contribution in [2.24, 2.45) is 0 Å². The molecule has 1 rings (SSSR count). The molecule has 0 saturated heterocycles. The summed E-state index contributed by atoms with van der Waals surface area (Å²) in [6.45, 7) is 16.7. The summed E-state index contributed by atoms with van der Waals surface area (Å²) in [5.74, 6) is 0. The van der Waals surface area contributed by atoms with Crippen molar-refractivity contribution in [1.82, 2.24) is 0 Å². The lowest BCUT2D eigenvalue weighted by molar-refractivity contribution is 0.171. The maximum Gasteiger partial charge on any atom is 0.342 e. The second kappa shape index (κ2) is 12.6. The van der Waals surface area contributed by atoms with Gasteiger partial charge in [-0.25, -0.2) is 0 Å². The summed E-state index contributed by atoms with van der Waals surface area (Å²) in [5.41, 5.74) is 1.76. The Balaban J connectivity index is 0.000000477. The van der Waals surface area contributed by atoms with Crippen molar-refractivity contribution in [2.75, 3.05) is 27.4 Å². The predicted molar refractivity (Wildman–Crippen MR) is 112 cm³/mol. The first-order valence-electron chi connectivity index (χ1n) is 10.1. The van der Waals surface area contributed by atoms with Crippen molar-refractivity contribution in [3.63, 3.8) is 0 Å². The minimum Gasteiger partial charge on any atom is -0.397 e. The van der Waals surface area contributed by atoms with Crippen LogP contribution in [0.3, 0.4) is 0 Å². The van der Waals surface area contributed by atoms with Crippen LogP contribution in [0.15, 0.2) is 0 Å². The predicted octanol–water partition coefficient (Wildman–Crippen LogP) is 6.01. The zero-order chi connectivity index (χ0) is 19.5. The molecule has 0 radical (unpaired) electrons. The van der Waals surface area contributed by atoms with E-state index in [1.165, 1.54) is 32.1 Å². The third-order valence-corrected chi connectivity index (χ3v) is 13.7. The Labute approximate surface area is 159 Å². The molecule has 0 bridgehead atoms. The van der Waals surface area contributed by atoms with E-state index in [0.29, 0.717) is 11.1 Å². The van der Waals surface area contributed by atoms with Gasteiger partial charge in [0.25, 0.3) is 0 Å². The van der Waals surface area contributed by atoms with Gasteiger partial charge in [0.1, 0.15) is 0 Å². The van der Waals surface area contributed by atoms with Crippen LogP contribution >= 0.6 is 0 Å². The summed E-state index contributed by atoms with van der Waals surface area (Å²) in [5, 5.41) is 0. The molecule has 0 spiro atoms. The molecule has 0 aliphatic heterocycles. The molecule has 6 heteroatoms. The van der Waals surface area contributed by atoms with Crippen molar-refractivity contribution in [1.29, 1.82) is 0 Å². The van der Waals surface area contributed by atoms with Gasteiger partial charge in [0.2, 0.25) is 0 Å². The second-order valence-corrected chi connectivity index (χ2v) is 15.7. The first-order valence-corrected chi connectivity index (χ1v) is 14.5. The fourth-order valence-corrected chi connectivity index (χ4v) is 10.7. The molecular formula is C19H44O4Si2. The number of rotatable bonds is 9. The highest BCUT2D eigenvalue weighted by molar-refractivity contribution is 6.70. The molecular weight excluding hydrogens is 348 g/mol. The number of hydrogen-bond acceptors (Lipinski definition) is 4. The Hall–Kier alpha value is 0.274. The van der Waals surface area contributed by atoms with Crippen molar-refractivity contribution in [3.05, 3.63) is 0 Å². The van der Waals surface area contributed by atoms with Crippen molar-refractivity contribution in [3.8, 4) is 0 Å². The molecule has 152 valence electrons. The van der Waals surface area contributed by atoms with Gasteiger partial charge < -0.3 is 17.7 Å². The molecule has 1 saturated carbocycles. The minimum atomic E-state index is -1.90. The maximum atomic E-state index is 5.93. The van der Waals surface area contributed by atoms with Crippen LogP contribution in [0.2, 0.25) is 23.2 Å². The zero-order valence-electron chi connectivity index (χ0n) is 18.3. The van der Waals surface area contributed by atoms with Crippen LogP contribution in [0.25, 0.3) is 0 Å². The monoisotopic (exact) mass is 392 g/mol. The van der Waals surface area contributed by atoms with Crippen molar-refractivity contribution in [2.45, 2.75) is 96.8 Å². The van der Waals surface area contributed by atoms with Gasteiger partial charge in [0.05, 0.1) is 0 Å². The molecule has 0 aromatic carbocycles. The summed E-state index contributed by atoms with van der Waals surface area (Å²) in [4.78, 5) is 0. The van der Waals surface area contributed by atoms with Crippen molar-refractivity contribution < 1.29 is 17.7 Å². The Morgan fingerprint density at radius 3 is 1.44 bits per heavy atom. The van der Waals surface area contributed by atoms with E-state index >= 15 is 0 Å². The molecule has 4 nitrogen and oxygen atoms in total. The third-order valence-electron chi connectivity index (χ3n) is 5.46. The molecule has 1 aliphatic carbocycles. The minimum absolute atomic E-state index is 0.512. The van der Waals surface area contributed by atoms with Crippen molar-refractivity contribution >= 4 is 17.1 Å². The quantitative estimate of drug-likeness (QED) is 0.450. The van der Waals surface area contributed by atoms with E-state index in [1.807, 2.05) is 0 Å². The van der Waals surface area contributed by atoms with Crippen LogP contribution in [0.4, 0.5) is 0 Å². The van der Waals surface area contributed by atoms with Crippen LogP contribution in [0.5, 0.6) is 0 Å². The molecule has 1 fully saturated rings. The lowest BCUT2D eigenvalue weighted by Crippen LogP contribution is -2.46. The highest BCUT2D eigenvalue weighted by Gasteiger charge is 2.43. The fraction of sp³-hybridized carbons (Fsp3) is 1.00. The maximum absolute atomic E-state index is 5.93. The summed E-state index contributed by atoms with van der Waals surface area (Å²) < 4.78 is 22.9. The largest absolute Gasteiger partial charge is 0.397 e. The molecule has 0 unspecified atom stereocenters. The molecule has 0 atom stereocenters. The van der Waals surface area contributed by atoms with Gasteiger partial charge in [0.15, 0.2) is 0 Å².